The minimum atomic E-state index is 0.338. The molecular weight excluding hydrogens is 246 g/mol. The van der Waals surface area contributed by atoms with Crippen LogP contribution >= 0.6 is 11.8 Å². The third kappa shape index (κ3) is 3.87. The standard InChI is InChI=1S/C13H25N3OS/c1-14(2)6-7-16-9-8-15(5-3-13(16)17)12-4-10-18-11-12/h12H,3-11H2,1-2H3. The zero-order valence-electron chi connectivity index (χ0n) is 11.6. The summed E-state index contributed by atoms with van der Waals surface area (Å²) < 4.78 is 0. The second kappa shape index (κ2) is 6.78. The van der Waals surface area contributed by atoms with Crippen molar-refractivity contribution in [2.75, 3.05) is 58.3 Å². The molecule has 2 aliphatic rings. The quantitative estimate of drug-likeness (QED) is 0.748. The second-order valence-corrected chi connectivity index (χ2v) is 6.64. The molecule has 1 atom stereocenters. The highest BCUT2D eigenvalue weighted by atomic mass is 32.2. The van der Waals surface area contributed by atoms with Crippen LogP contribution in [-0.4, -0.2) is 85.0 Å². The maximum atomic E-state index is 12.1. The first-order valence-electron chi connectivity index (χ1n) is 6.91. The Morgan fingerprint density at radius 1 is 1.33 bits per heavy atom. The van der Waals surface area contributed by atoms with Crippen LogP contribution in [0.5, 0.6) is 0 Å². The van der Waals surface area contributed by atoms with Crippen molar-refractivity contribution < 1.29 is 4.79 Å². The topological polar surface area (TPSA) is 26.8 Å². The molecule has 0 bridgehead atoms. The highest BCUT2D eigenvalue weighted by molar-refractivity contribution is 7.99. The number of hydrogen-bond acceptors (Lipinski definition) is 4. The molecule has 1 unspecified atom stereocenters. The molecular formula is C13H25N3OS. The van der Waals surface area contributed by atoms with Crippen molar-refractivity contribution in [3.63, 3.8) is 0 Å². The van der Waals surface area contributed by atoms with Gasteiger partial charge in [0.2, 0.25) is 5.91 Å². The summed E-state index contributed by atoms with van der Waals surface area (Å²) in [7, 11) is 4.12. The van der Waals surface area contributed by atoms with Gasteiger partial charge in [0.25, 0.3) is 0 Å². The molecule has 2 aliphatic heterocycles. The van der Waals surface area contributed by atoms with Gasteiger partial charge in [-0.05, 0) is 26.3 Å². The van der Waals surface area contributed by atoms with Gasteiger partial charge in [-0.3, -0.25) is 9.69 Å². The Hall–Kier alpha value is -0.260. The Bertz CT molecular complexity index is 279. The number of carbonyl (C=O) groups excluding carboxylic acids is 1. The Kier molecular flexibility index (Phi) is 5.33. The van der Waals surface area contributed by atoms with Crippen molar-refractivity contribution in [1.29, 1.82) is 0 Å². The number of thioether (sulfide) groups is 1. The minimum absolute atomic E-state index is 0.338. The number of carbonyl (C=O) groups is 1. The van der Waals surface area contributed by atoms with E-state index in [0.717, 1.165) is 38.8 Å². The van der Waals surface area contributed by atoms with E-state index in [4.69, 9.17) is 0 Å². The van der Waals surface area contributed by atoms with Crippen molar-refractivity contribution in [3.8, 4) is 0 Å². The Morgan fingerprint density at radius 3 is 2.83 bits per heavy atom. The first-order chi connectivity index (χ1) is 8.66. The first-order valence-corrected chi connectivity index (χ1v) is 8.06. The second-order valence-electron chi connectivity index (χ2n) is 5.49. The van der Waals surface area contributed by atoms with Gasteiger partial charge in [-0.15, -0.1) is 0 Å². The predicted molar refractivity (Wildman–Crippen MR) is 77.1 cm³/mol. The summed E-state index contributed by atoms with van der Waals surface area (Å²) >= 11 is 2.05. The van der Waals surface area contributed by atoms with E-state index in [2.05, 4.69) is 35.7 Å². The molecule has 2 fully saturated rings. The van der Waals surface area contributed by atoms with Crippen molar-refractivity contribution in [2.24, 2.45) is 0 Å². The summed E-state index contributed by atoms with van der Waals surface area (Å²) in [6, 6.07) is 0.719. The molecule has 4 nitrogen and oxygen atoms in total. The van der Waals surface area contributed by atoms with Crippen LogP contribution in [0.25, 0.3) is 0 Å². The van der Waals surface area contributed by atoms with Crippen molar-refractivity contribution in [1.82, 2.24) is 14.7 Å². The van der Waals surface area contributed by atoms with E-state index in [0.29, 0.717) is 12.3 Å². The zero-order valence-corrected chi connectivity index (χ0v) is 12.4. The third-order valence-corrected chi connectivity index (χ3v) is 5.01. The van der Waals surface area contributed by atoms with Crippen LogP contribution in [0.1, 0.15) is 12.8 Å². The van der Waals surface area contributed by atoms with Crippen LogP contribution in [0.2, 0.25) is 0 Å². The lowest BCUT2D eigenvalue weighted by molar-refractivity contribution is -0.130. The molecule has 2 saturated heterocycles. The third-order valence-electron chi connectivity index (χ3n) is 3.86. The number of nitrogens with zero attached hydrogens (tertiary/aromatic N) is 3. The van der Waals surface area contributed by atoms with Crippen molar-refractivity contribution in [3.05, 3.63) is 0 Å². The zero-order chi connectivity index (χ0) is 13.0. The predicted octanol–water partition coefficient (Wildman–Crippen LogP) is 0.588. The fraction of sp³-hybridized carbons (Fsp3) is 0.923. The van der Waals surface area contributed by atoms with Crippen LogP contribution in [0, 0.1) is 0 Å². The van der Waals surface area contributed by atoms with E-state index >= 15 is 0 Å². The van der Waals surface area contributed by atoms with E-state index in [1.165, 1.54) is 17.9 Å². The molecule has 0 radical (unpaired) electrons. The number of likely N-dealkylation sites (N-methyl/N-ethyl adjacent to an activating group) is 1. The molecule has 0 aliphatic carbocycles. The Balaban J connectivity index is 1.83. The monoisotopic (exact) mass is 271 g/mol. The maximum absolute atomic E-state index is 12.1. The molecule has 18 heavy (non-hydrogen) atoms. The molecule has 104 valence electrons. The van der Waals surface area contributed by atoms with Gasteiger partial charge in [-0.1, -0.05) is 0 Å². The molecule has 0 spiro atoms. The molecule has 0 saturated carbocycles. The van der Waals surface area contributed by atoms with Crippen LogP contribution in [0.3, 0.4) is 0 Å². The molecule has 0 N–H and O–H groups in total. The lowest BCUT2D eigenvalue weighted by Gasteiger charge is -2.27. The fourth-order valence-corrected chi connectivity index (χ4v) is 3.87. The van der Waals surface area contributed by atoms with Gasteiger partial charge < -0.3 is 9.80 Å². The van der Waals surface area contributed by atoms with Gasteiger partial charge in [0.15, 0.2) is 0 Å². The number of amides is 1. The van der Waals surface area contributed by atoms with E-state index in [1.807, 2.05) is 4.90 Å². The molecule has 0 aromatic carbocycles. The number of hydrogen-bond donors (Lipinski definition) is 0. The average Bonchev–Trinajstić information content (AvgIpc) is 2.79. The SMILES string of the molecule is CN(C)CCN1CCN(C2CCSC2)CCC1=O. The summed E-state index contributed by atoms with van der Waals surface area (Å²) in [4.78, 5) is 18.8. The molecule has 1 amide bonds. The van der Waals surface area contributed by atoms with Crippen molar-refractivity contribution >= 4 is 17.7 Å². The largest absolute Gasteiger partial charge is 0.340 e. The summed E-state index contributed by atoms with van der Waals surface area (Å²) in [5, 5.41) is 0. The van der Waals surface area contributed by atoms with Gasteiger partial charge in [0, 0.05) is 50.9 Å². The molecule has 2 heterocycles. The van der Waals surface area contributed by atoms with E-state index in [1.54, 1.807) is 0 Å². The van der Waals surface area contributed by atoms with Gasteiger partial charge in [-0.25, -0.2) is 0 Å². The summed E-state index contributed by atoms with van der Waals surface area (Å²) in [6.45, 7) is 4.77. The highest BCUT2D eigenvalue weighted by Crippen LogP contribution is 2.23. The molecule has 0 aromatic heterocycles. The summed E-state index contributed by atoms with van der Waals surface area (Å²) in [5.41, 5.74) is 0. The smallest absolute Gasteiger partial charge is 0.223 e. The van der Waals surface area contributed by atoms with Gasteiger partial charge >= 0.3 is 0 Å². The van der Waals surface area contributed by atoms with Gasteiger partial charge in [0.1, 0.15) is 0 Å². The van der Waals surface area contributed by atoms with Crippen molar-refractivity contribution in [2.45, 2.75) is 18.9 Å². The minimum Gasteiger partial charge on any atom is -0.340 e. The fourth-order valence-electron chi connectivity index (χ4n) is 2.62. The average molecular weight is 271 g/mol. The van der Waals surface area contributed by atoms with Crippen LogP contribution in [-0.2, 0) is 4.79 Å². The van der Waals surface area contributed by atoms with E-state index in [-0.39, 0.29) is 0 Å². The Labute approximate surface area is 115 Å². The Morgan fingerprint density at radius 2 is 2.17 bits per heavy atom. The van der Waals surface area contributed by atoms with Gasteiger partial charge in [0.05, 0.1) is 0 Å². The van der Waals surface area contributed by atoms with E-state index < -0.39 is 0 Å². The van der Waals surface area contributed by atoms with Crippen LogP contribution < -0.4 is 0 Å². The lowest BCUT2D eigenvalue weighted by Crippen LogP contribution is -2.40. The summed E-state index contributed by atoms with van der Waals surface area (Å²) in [5.74, 6) is 2.88. The van der Waals surface area contributed by atoms with Crippen LogP contribution in [0.15, 0.2) is 0 Å². The molecule has 2 rings (SSSR count). The van der Waals surface area contributed by atoms with Gasteiger partial charge in [-0.2, -0.15) is 11.8 Å². The van der Waals surface area contributed by atoms with E-state index in [9.17, 15) is 4.79 Å². The molecule has 5 heteroatoms. The molecule has 0 aromatic rings. The summed E-state index contributed by atoms with van der Waals surface area (Å²) in [6.07, 6.45) is 2.01. The maximum Gasteiger partial charge on any atom is 0.223 e. The first kappa shape index (κ1) is 14.2. The lowest BCUT2D eigenvalue weighted by atomic mass is 10.2. The van der Waals surface area contributed by atoms with Crippen LogP contribution in [0.4, 0.5) is 0 Å². The normalized spacial score (nSPS) is 26.9. The number of rotatable bonds is 4. The highest BCUT2D eigenvalue weighted by Gasteiger charge is 2.27.